The molecular formula is C5H10N2O. The third-order valence-electron chi connectivity index (χ3n) is 0.604. The summed E-state index contributed by atoms with van der Waals surface area (Å²) < 4.78 is 0. The Hall–Kier alpha value is -0.960. The maximum absolute atomic E-state index is 8.29. The van der Waals surface area contributed by atoms with E-state index in [-0.39, 0.29) is 6.61 Å². The highest BCUT2D eigenvalue weighted by Crippen LogP contribution is 1.79. The summed E-state index contributed by atoms with van der Waals surface area (Å²) in [5, 5.41) is 8.29. The van der Waals surface area contributed by atoms with Gasteiger partial charge in [-0.1, -0.05) is 0 Å². The van der Waals surface area contributed by atoms with Gasteiger partial charge in [-0.3, -0.25) is 0 Å². The second kappa shape index (κ2) is 4.21. The van der Waals surface area contributed by atoms with E-state index in [0.717, 1.165) is 0 Å². The minimum Gasteiger partial charge on any atom is -0.405 e. The van der Waals surface area contributed by atoms with Crippen LogP contribution in [0.1, 0.15) is 0 Å². The van der Waals surface area contributed by atoms with E-state index in [0.29, 0.717) is 5.70 Å². The van der Waals surface area contributed by atoms with Gasteiger partial charge in [-0.15, -0.1) is 0 Å². The maximum Gasteiger partial charge on any atom is 0.0825 e. The first-order valence-corrected chi connectivity index (χ1v) is 2.25. The lowest BCUT2D eigenvalue weighted by Crippen LogP contribution is -2.00. The largest absolute Gasteiger partial charge is 0.405 e. The molecule has 46 valence electrons. The SMILES string of the molecule is N/C=C\C=C(/N)CO. The molecule has 0 aromatic carbocycles. The zero-order valence-corrected chi connectivity index (χ0v) is 4.54. The summed E-state index contributed by atoms with van der Waals surface area (Å²) in [5.41, 5.74) is 10.5. The van der Waals surface area contributed by atoms with Crippen molar-refractivity contribution in [1.29, 1.82) is 0 Å². The first kappa shape index (κ1) is 7.04. The normalized spacial score (nSPS) is 12.9. The van der Waals surface area contributed by atoms with Gasteiger partial charge in [-0.05, 0) is 18.4 Å². The predicted molar refractivity (Wildman–Crippen MR) is 32.7 cm³/mol. The maximum atomic E-state index is 8.29. The van der Waals surface area contributed by atoms with Gasteiger partial charge in [0, 0.05) is 5.70 Å². The van der Waals surface area contributed by atoms with Crippen LogP contribution in [0, 0.1) is 0 Å². The van der Waals surface area contributed by atoms with Crippen molar-refractivity contribution in [2.45, 2.75) is 0 Å². The lowest BCUT2D eigenvalue weighted by atomic mass is 10.4. The summed E-state index contributed by atoms with van der Waals surface area (Å²) in [7, 11) is 0. The van der Waals surface area contributed by atoms with Crippen molar-refractivity contribution >= 4 is 0 Å². The average molecular weight is 114 g/mol. The van der Waals surface area contributed by atoms with Gasteiger partial charge in [0.1, 0.15) is 0 Å². The molecule has 8 heavy (non-hydrogen) atoms. The van der Waals surface area contributed by atoms with Gasteiger partial charge < -0.3 is 16.6 Å². The Morgan fingerprint density at radius 3 is 2.62 bits per heavy atom. The second-order valence-electron chi connectivity index (χ2n) is 1.28. The average Bonchev–Trinajstić information content (AvgIpc) is 1.83. The molecule has 0 rings (SSSR count). The van der Waals surface area contributed by atoms with Crippen molar-refractivity contribution in [3.05, 3.63) is 24.0 Å². The third kappa shape index (κ3) is 3.24. The first-order chi connectivity index (χ1) is 3.81. The minimum absolute atomic E-state index is 0.121. The predicted octanol–water partition coefficient (Wildman–Crippen LogP) is -0.706. The molecule has 5 N–H and O–H groups in total. The minimum atomic E-state index is -0.121. The molecular weight excluding hydrogens is 104 g/mol. The van der Waals surface area contributed by atoms with Crippen LogP contribution in [0.5, 0.6) is 0 Å². The molecule has 0 spiro atoms. The molecule has 3 nitrogen and oxygen atoms in total. The van der Waals surface area contributed by atoms with Crippen molar-refractivity contribution in [1.82, 2.24) is 0 Å². The van der Waals surface area contributed by atoms with Gasteiger partial charge in [0.2, 0.25) is 0 Å². The van der Waals surface area contributed by atoms with E-state index in [1.807, 2.05) is 0 Å². The Morgan fingerprint density at radius 1 is 1.62 bits per heavy atom. The summed E-state index contributed by atoms with van der Waals surface area (Å²) in [5.74, 6) is 0. The van der Waals surface area contributed by atoms with E-state index in [4.69, 9.17) is 16.6 Å². The molecule has 0 atom stereocenters. The van der Waals surface area contributed by atoms with E-state index in [1.54, 1.807) is 12.2 Å². The van der Waals surface area contributed by atoms with Gasteiger partial charge in [0.15, 0.2) is 0 Å². The van der Waals surface area contributed by atoms with Gasteiger partial charge >= 0.3 is 0 Å². The molecule has 0 bridgehead atoms. The van der Waals surface area contributed by atoms with Crippen LogP contribution in [-0.2, 0) is 0 Å². The summed E-state index contributed by atoms with van der Waals surface area (Å²) in [6.45, 7) is -0.121. The molecule has 0 aliphatic heterocycles. The summed E-state index contributed by atoms with van der Waals surface area (Å²) in [6, 6.07) is 0. The Kier molecular flexibility index (Phi) is 3.70. The van der Waals surface area contributed by atoms with Crippen LogP contribution in [0.4, 0.5) is 0 Å². The number of allylic oxidation sites excluding steroid dienone is 2. The van der Waals surface area contributed by atoms with Crippen LogP contribution >= 0.6 is 0 Å². The van der Waals surface area contributed by atoms with Crippen molar-refractivity contribution in [3.63, 3.8) is 0 Å². The fourth-order valence-electron chi connectivity index (χ4n) is 0.232. The number of aliphatic hydroxyl groups excluding tert-OH is 1. The van der Waals surface area contributed by atoms with Gasteiger partial charge in [-0.25, -0.2) is 0 Å². The lowest BCUT2D eigenvalue weighted by Gasteiger charge is -1.87. The van der Waals surface area contributed by atoms with Crippen LogP contribution < -0.4 is 11.5 Å². The van der Waals surface area contributed by atoms with Crippen molar-refractivity contribution in [2.75, 3.05) is 6.61 Å². The quantitative estimate of drug-likeness (QED) is 0.415. The van der Waals surface area contributed by atoms with Gasteiger partial charge in [0.25, 0.3) is 0 Å². The van der Waals surface area contributed by atoms with E-state index < -0.39 is 0 Å². The molecule has 0 unspecified atom stereocenters. The van der Waals surface area contributed by atoms with Crippen LogP contribution in [0.15, 0.2) is 24.0 Å². The molecule has 0 saturated heterocycles. The van der Waals surface area contributed by atoms with Crippen molar-refractivity contribution in [2.24, 2.45) is 11.5 Å². The fraction of sp³-hybridized carbons (Fsp3) is 0.200. The van der Waals surface area contributed by atoms with E-state index in [9.17, 15) is 0 Å². The zero-order valence-electron chi connectivity index (χ0n) is 4.54. The molecule has 0 aliphatic rings. The summed E-state index contributed by atoms with van der Waals surface area (Å²) in [4.78, 5) is 0. The van der Waals surface area contributed by atoms with Crippen molar-refractivity contribution < 1.29 is 5.11 Å². The van der Waals surface area contributed by atoms with Gasteiger partial charge in [-0.2, -0.15) is 0 Å². The van der Waals surface area contributed by atoms with E-state index in [2.05, 4.69) is 0 Å². The highest BCUT2D eigenvalue weighted by molar-refractivity contribution is 5.08. The van der Waals surface area contributed by atoms with Crippen LogP contribution in [0.2, 0.25) is 0 Å². The Bertz CT molecular complexity index is 107. The molecule has 3 heteroatoms. The number of hydrogen-bond donors (Lipinski definition) is 3. The van der Waals surface area contributed by atoms with E-state index in [1.165, 1.54) is 6.20 Å². The molecule has 0 radical (unpaired) electrons. The molecule has 0 fully saturated rings. The monoisotopic (exact) mass is 114 g/mol. The van der Waals surface area contributed by atoms with Crippen LogP contribution in [-0.4, -0.2) is 11.7 Å². The number of rotatable bonds is 2. The lowest BCUT2D eigenvalue weighted by molar-refractivity contribution is 0.330. The highest BCUT2D eigenvalue weighted by Gasteiger charge is 1.77. The van der Waals surface area contributed by atoms with Crippen molar-refractivity contribution in [3.8, 4) is 0 Å². The number of hydrogen-bond acceptors (Lipinski definition) is 3. The van der Waals surface area contributed by atoms with Crippen LogP contribution in [0.25, 0.3) is 0 Å². The van der Waals surface area contributed by atoms with E-state index >= 15 is 0 Å². The topological polar surface area (TPSA) is 72.3 Å². The molecule has 0 heterocycles. The molecule has 0 aromatic heterocycles. The number of aliphatic hydroxyl groups is 1. The second-order valence-corrected chi connectivity index (χ2v) is 1.28. The zero-order chi connectivity index (χ0) is 6.41. The molecule has 0 aliphatic carbocycles. The molecule has 0 amide bonds. The summed E-state index contributed by atoms with van der Waals surface area (Å²) in [6.07, 6.45) is 4.45. The Labute approximate surface area is 48.3 Å². The number of nitrogens with two attached hydrogens (primary N) is 2. The Balaban J connectivity index is 3.57. The highest BCUT2D eigenvalue weighted by atomic mass is 16.3. The molecule has 0 aromatic rings. The fourth-order valence-corrected chi connectivity index (χ4v) is 0.232. The third-order valence-corrected chi connectivity index (χ3v) is 0.604. The van der Waals surface area contributed by atoms with Gasteiger partial charge in [0.05, 0.1) is 6.61 Å². The first-order valence-electron chi connectivity index (χ1n) is 2.25. The summed E-state index contributed by atoms with van der Waals surface area (Å²) >= 11 is 0. The smallest absolute Gasteiger partial charge is 0.0825 e. The van der Waals surface area contributed by atoms with Crippen LogP contribution in [0.3, 0.4) is 0 Å². The standard InChI is InChI=1S/C5H10N2O/c6-3-1-2-5(7)4-8/h1-3,8H,4,6-7H2/b3-1-,5-2-. The Morgan fingerprint density at radius 2 is 2.25 bits per heavy atom. The molecule has 0 saturated carbocycles.